The molecule has 0 spiro atoms. The van der Waals surface area contributed by atoms with Crippen molar-refractivity contribution < 1.29 is 18.0 Å². The van der Waals surface area contributed by atoms with Crippen LogP contribution in [0.2, 0.25) is 0 Å². The van der Waals surface area contributed by atoms with Gasteiger partial charge in [0.25, 0.3) is 0 Å². The van der Waals surface area contributed by atoms with E-state index < -0.39 is 9.84 Å². The highest BCUT2D eigenvalue weighted by Gasteiger charge is 2.24. The van der Waals surface area contributed by atoms with Crippen LogP contribution in [0.1, 0.15) is 57.1 Å². The van der Waals surface area contributed by atoms with E-state index in [1.807, 2.05) is 47.4 Å². The Labute approximate surface area is 235 Å². The Kier molecular flexibility index (Phi) is 12.0. The van der Waals surface area contributed by atoms with E-state index in [0.717, 1.165) is 62.9 Å². The van der Waals surface area contributed by atoms with E-state index in [-0.39, 0.29) is 18.4 Å². The molecule has 2 amide bonds. The minimum Gasteiger partial charge on any atom is -0.341 e. The van der Waals surface area contributed by atoms with Crippen LogP contribution in [0.3, 0.4) is 0 Å². The number of hydrogen-bond acceptors (Lipinski definition) is 5. The van der Waals surface area contributed by atoms with Crippen LogP contribution in [0.25, 0.3) is 0 Å². The molecule has 0 aromatic heterocycles. The lowest BCUT2D eigenvalue weighted by Gasteiger charge is -2.29. The predicted octanol–water partition coefficient (Wildman–Crippen LogP) is 4.21. The van der Waals surface area contributed by atoms with Crippen molar-refractivity contribution in [3.63, 3.8) is 0 Å². The summed E-state index contributed by atoms with van der Waals surface area (Å²) in [5.74, 6) is 0.112. The van der Waals surface area contributed by atoms with Crippen LogP contribution in [0.4, 0.5) is 0 Å². The summed E-state index contributed by atoms with van der Waals surface area (Å²) in [6, 6.07) is 17.5. The Bertz CT molecular complexity index is 1150. The Morgan fingerprint density at radius 3 is 2.36 bits per heavy atom. The van der Waals surface area contributed by atoms with Crippen molar-refractivity contribution in [1.82, 2.24) is 14.7 Å². The predicted molar refractivity (Wildman–Crippen MR) is 156 cm³/mol. The molecule has 1 aliphatic heterocycles. The molecule has 0 bridgehead atoms. The van der Waals surface area contributed by atoms with Gasteiger partial charge in [-0.1, -0.05) is 49.4 Å². The molecule has 1 aliphatic rings. The van der Waals surface area contributed by atoms with Gasteiger partial charge >= 0.3 is 0 Å². The average Bonchev–Trinajstić information content (AvgIpc) is 3.10. The average molecular weight is 556 g/mol. The van der Waals surface area contributed by atoms with Gasteiger partial charge in [0.05, 0.1) is 11.4 Å². The minimum absolute atomic E-state index is 0.0527. The van der Waals surface area contributed by atoms with Crippen molar-refractivity contribution in [1.29, 1.82) is 0 Å². The van der Waals surface area contributed by atoms with Crippen molar-refractivity contribution in [3.05, 3.63) is 65.7 Å². The zero-order valence-corrected chi connectivity index (χ0v) is 24.7. The van der Waals surface area contributed by atoms with E-state index in [2.05, 4.69) is 18.7 Å². The van der Waals surface area contributed by atoms with Gasteiger partial charge in [-0.15, -0.1) is 0 Å². The van der Waals surface area contributed by atoms with Gasteiger partial charge in [0.1, 0.15) is 0 Å². The van der Waals surface area contributed by atoms with Gasteiger partial charge in [-0.25, -0.2) is 8.42 Å². The fourth-order valence-electron chi connectivity index (χ4n) is 5.22. The maximum Gasteiger partial charge on any atom is 0.242 e. The summed E-state index contributed by atoms with van der Waals surface area (Å²) in [7, 11) is -3.18. The third-order valence-electron chi connectivity index (χ3n) is 7.50. The summed E-state index contributed by atoms with van der Waals surface area (Å²) in [6.07, 6.45) is 7.05. The second-order valence-corrected chi connectivity index (χ2v) is 12.8. The smallest absolute Gasteiger partial charge is 0.242 e. The van der Waals surface area contributed by atoms with Gasteiger partial charge in [0, 0.05) is 38.4 Å². The molecule has 214 valence electrons. The lowest BCUT2D eigenvalue weighted by molar-refractivity contribution is -0.138. The highest BCUT2D eigenvalue weighted by atomic mass is 32.2. The van der Waals surface area contributed by atoms with Crippen LogP contribution >= 0.6 is 0 Å². The van der Waals surface area contributed by atoms with E-state index >= 15 is 0 Å². The van der Waals surface area contributed by atoms with Crippen LogP contribution in [-0.4, -0.2) is 86.5 Å². The lowest BCUT2D eigenvalue weighted by Crippen LogP contribution is -2.40. The van der Waals surface area contributed by atoms with Gasteiger partial charge in [-0.2, -0.15) is 0 Å². The zero-order valence-electron chi connectivity index (χ0n) is 23.8. The number of sulfone groups is 1. The highest BCUT2D eigenvalue weighted by molar-refractivity contribution is 7.90. The van der Waals surface area contributed by atoms with Gasteiger partial charge in [0.2, 0.25) is 11.8 Å². The topological polar surface area (TPSA) is 78.0 Å². The number of carbonyl (C=O) groups is 2. The van der Waals surface area contributed by atoms with Gasteiger partial charge in [-0.3, -0.25) is 9.59 Å². The van der Waals surface area contributed by atoms with Crippen LogP contribution in [0.5, 0.6) is 0 Å². The first-order valence-electron chi connectivity index (χ1n) is 14.3. The molecular formula is C31H45N3O4S. The number of rotatable bonds is 14. The molecule has 1 heterocycles. The monoisotopic (exact) mass is 555 g/mol. The number of aryl methyl sites for hydroxylation is 1. The summed E-state index contributed by atoms with van der Waals surface area (Å²) in [5.41, 5.74) is 2.28. The maximum atomic E-state index is 12.9. The standard InChI is InChI=1S/C31H45N3O4S/c1-4-19-32(26(2)24-28-13-16-29(17-14-28)39(3,37)38)20-8-9-21-33-22-10-23-34(25-31(33)36)30(35)18-15-27-11-6-5-7-12-27/h5-7,11-14,16-17,26H,4,8-10,15,18-25H2,1-3H3. The molecule has 1 unspecified atom stereocenters. The lowest BCUT2D eigenvalue weighted by atomic mass is 10.1. The Hall–Kier alpha value is -2.71. The van der Waals surface area contributed by atoms with Gasteiger partial charge in [-0.05, 0) is 81.8 Å². The number of carbonyl (C=O) groups excluding carboxylic acids is 2. The van der Waals surface area contributed by atoms with Crippen LogP contribution < -0.4 is 0 Å². The van der Waals surface area contributed by atoms with Crippen LogP contribution in [0, 0.1) is 0 Å². The number of hydrogen-bond donors (Lipinski definition) is 0. The normalized spacial score (nSPS) is 15.4. The number of benzene rings is 2. The van der Waals surface area contributed by atoms with Crippen molar-refractivity contribution in [2.45, 2.75) is 69.7 Å². The van der Waals surface area contributed by atoms with E-state index in [1.54, 1.807) is 17.0 Å². The number of amides is 2. The summed E-state index contributed by atoms with van der Waals surface area (Å²) in [5, 5.41) is 0. The third kappa shape index (κ3) is 10.1. The molecular weight excluding hydrogens is 510 g/mol. The van der Waals surface area contributed by atoms with Crippen molar-refractivity contribution >= 4 is 21.7 Å². The van der Waals surface area contributed by atoms with Crippen molar-refractivity contribution in [3.8, 4) is 0 Å². The summed E-state index contributed by atoms with van der Waals surface area (Å²) >= 11 is 0. The van der Waals surface area contributed by atoms with Crippen LogP contribution in [-0.2, 0) is 32.3 Å². The summed E-state index contributed by atoms with van der Waals surface area (Å²) in [6.45, 7) is 8.64. The molecule has 2 aromatic rings. The molecule has 0 N–H and O–H groups in total. The molecule has 0 radical (unpaired) electrons. The second-order valence-electron chi connectivity index (χ2n) is 10.7. The second kappa shape index (κ2) is 15.2. The fraction of sp³-hybridized carbons (Fsp3) is 0.548. The first-order chi connectivity index (χ1) is 18.7. The number of unbranched alkanes of at least 4 members (excludes halogenated alkanes) is 1. The van der Waals surface area contributed by atoms with Crippen molar-refractivity contribution in [2.24, 2.45) is 0 Å². The van der Waals surface area contributed by atoms with Crippen molar-refractivity contribution in [2.75, 3.05) is 45.5 Å². The SMILES string of the molecule is CCCN(CCCCN1CCCN(C(=O)CCc2ccccc2)CC1=O)C(C)Cc1ccc(S(C)(=O)=O)cc1. The highest BCUT2D eigenvalue weighted by Crippen LogP contribution is 2.15. The molecule has 1 saturated heterocycles. The maximum absolute atomic E-state index is 12.9. The molecule has 1 atom stereocenters. The summed E-state index contributed by atoms with van der Waals surface area (Å²) < 4.78 is 23.5. The third-order valence-corrected chi connectivity index (χ3v) is 8.63. The van der Waals surface area contributed by atoms with Crippen LogP contribution in [0.15, 0.2) is 59.5 Å². The molecule has 8 heteroatoms. The number of nitrogens with zero attached hydrogens (tertiary/aromatic N) is 3. The molecule has 1 fully saturated rings. The van der Waals surface area contributed by atoms with Gasteiger partial charge in [0.15, 0.2) is 9.84 Å². The van der Waals surface area contributed by atoms with Gasteiger partial charge < -0.3 is 14.7 Å². The largest absolute Gasteiger partial charge is 0.341 e. The molecule has 2 aromatic carbocycles. The van der Waals surface area contributed by atoms with E-state index in [9.17, 15) is 18.0 Å². The van der Waals surface area contributed by atoms with E-state index in [1.165, 1.54) is 6.26 Å². The van der Waals surface area contributed by atoms with E-state index in [4.69, 9.17) is 0 Å². The first kappa shape index (κ1) is 30.8. The molecule has 39 heavy (non-hydrogen) atoms. The zero-order chi connectivity index (χ0) is 28.3. The summed E-state index contributed by atoms with van der Waals surface area (Å²) in [4.78, 5) is 32.2. The molecule has 0 aliphatic carbocycles. The first-order valence-corrected chi connectivity index (χ1v) is 16.2. The Morgan fingerprint density at radius 1 is 0.974 bits per heavy atom. The fourth-order valence-corrected chi connectivity index (χ4v) is 5.85. The molecule has 0 saturated carbocycles. The quantitative estimate of drug-likeness (QED) is 0.327. The Morgan fingerprint density at radius 2 is 1.69 bits per heavy atom. The Balaban J connectivity index is 1.42. The molecule has 3 rings (SSSR count). The van der Waals surface area contributed by atoms with E-state index in [0.29, 0.717) is 36.9 Å². The molecule has 7 nitrogen and oxygen atoms in total. The minimum atomic E-state index is -3.18.